The summed E-state index contributed by atoms with van der Waals surface area (Å²) < 4.78 is 0. The highest BCUT2D eigenvalue weighted by molar-refractivity contribution is 5.78. The molecule has 1 atom stereocenters. The molecule has 1 aliphatic rings. The van der Waals surface area contributed by atoms with Gasteiger partial charge in [0.05, 0.1) is 25.1 Å². The van der Waals surface area contributed by atoms with Gasteiger partial charge in [-0.3, -0.25) is 9.69 Å². The second-order valence-electron chi connectivity index (χ2n) is 3.44. The molecule has 1 fully saturated rings. The van der Waals surface area contributed by atoms with Crippen molar-refractivity contribution in [2.45, 2.75) is 18.9 Å². The van der Waals surface area contributed by atoms with Crippen LogP contribution in [-0.2, 0) is 4.79 Å². The molecule has 0 aromatic carbocycles. The summed E-state index contributed by atoms with van der Waals surface area (Å²) in [5, 5.41) is 20.1. The van der Waals surface area contributed by atoms with Gasteiger partial charge in [0.15, 0.2) is 0 Å². The lowest BCUT2D eigenvalue weighted by atomic mass is 10.3. The van der Waals surface area contributed by atoms with E-state index in [4.69, 9.17) is 5.26 Å². The van der Waals surface area contributed by atoms with E-state index < -0.39 is 0 Å². The Kier molecular flexibility index (Phi) is 4.36. The van der Waals surface area contributed by atoms with Crippen molar-refractivity contribution in [3.05, 3.63) is 0 Å². The van der Waals surface area contributed by atoms with E-state index >= 15 is 0 Å². The Morgan fingerprint density at radius 3 is 3.07 bits per heavy atom. The summed E-state index contributed by atoms with van der Waals surface area (Å²) in [5.41, 5.74) is 0. The minimum atomic E-state index is -0.290. The van der Waals surface area contributed by atoms with E-state index in [1.165, 1.54) is 0 Å². The van der Waals surface area contributed by atoms with E-state index in [1.807, 2.05) is 11.0 Å². The van der Waals surface area contributed by atoms with E-state index in [-0.39, 0.29) is 12.0 Å². The number of β-amino-alcohol motifs (C(OH)–C–C–N with tert-alkyl or cyclic N) is 1. The van der Waals surface area contributed by atoms with Crippen LogP contribution in [0, 0.1) is 11.3 Å². The number of nitrogens with zero attached hydrogens (tertiary/aromatic N) is 2. The monoisotopic (exact) mass is 197 g/mol. The van der Waals surface area contributed by atoms with E-state index in [0.29, 0.717) is 26.1 Å². The van der Waals surface area contributed by atoms with Crippen molar-refractivity contribution >= 4 is 5.91 Å². The van der Waals surface area contributed by atoms with Gasteiger partial charge in [0.2, 0.25) is 5.91 Å². The van der Waals surface area contributed by atoms with Crippen LogP contribution in [0.15, 0.2) is 0 Å². The zero-order valence-electron chi connectivity index (χ0n) is 8.07. The predicted octanol–water partition coefficient (Wildman–Crippen LogP) is -0.917. The number of aliphatic hydroxyl groups excluding tert-OH is 1. The fourth-order valence-corrected chi connectivity index (χ4v) is 1.47. The summed E-state index contributed by atoms with van der Waals surface area (Å²) >= 11 is 0. The van der Waals surface area contributed by atoms with Gasteiger partial charge in [-0.25, -0.2) is 0 Å². The summed E-state index contributed by atoms with van der Waals surface area (Å²) in [6, 6.07) is 1.96. The third-order valence-corrected chi connectivity index (χ3v) is 2.17. The fourth-order valence-electron chi connectivity index (χ4n) is 1.47. The summed E-state index contributed by atoms with van der Waals surface area (Å²) in [4.78, 5) is 13.1. The maximum absolute atomic E-state index is 11.2. The number of aliphatic hydroxyl groups is 1. The number of hydrogen-bond acceptors (Lipinski definition) is 4. The Balaban J connectivity index is 2.11. The highest BCUT2D eigenvalue weighted by atomic mass is 16.3. The SMILES string of the molecule is N#CCCNC(=O)CN1CC[C@@H](O)C1. The van der Waals surface area contributed by atoms with E-state index in [1.54, 1.807) is 0 Å². The second kappa shape index (κ2) is 5.58. The first-order valence-corrected chi connectivity index (χ1v) is 4.76. The Labute approximate surface area is 83.3 Å². The van der Waals surface area contributed by atoms with Gasteiger partial charge in [0.1, 0.15) is 0 Å². The minimum Gasteiger partial charge on any atom is -0.392 e. The van der Waals surface area contributed by atoms with Crippen LogP contribution in [0.1, 0.15) is 12.8 Å². The molecule has 5 heteroatoms. The normalized spacial score (nSPS) is 21.9. The number of likely N-dealkylation sites (tertiary alicyclic amines) is 1. The number of nitrogens with one attached hydrogen (secondary N) is 1. The predicted molar refractivity (Wildman–Crippen MR) is 50.3 cm³/mol. The average molecular weight is 197 g/mol. The topological polar surface area (TPSA) is 76.4 Å². The van der Waals surface area contributed by atoms with Crippen LogP contribution < -0.4 is 5.32 Å². The molecule has 1 aliphatic heterocycles. The standard InChI is InChI=1S/C9H15N3O2/c10-3-1-4-11-9(14)7-12-5-2-8(13)6-12/h8,13H,1-2,4-7H2,(H,11,14)/t8-/m1/s1. The van der Waals surface area contributed by atoms with E-state index in [2.05, 4.69) is 5.32 Å². The van der Waals surface area contributed by atoms with Gasteiger partial charge in [0.25, 0.3) is 0 Å². The van der Waals surface area contributed by atoms with Crippen LogP contribution in [0.5, 0.6) is 0 Å². The average Bonchev–Trinajstić information content (AvgIpc) is 2.52. The fraction of sp³-hybridized carbons (Fsp3) is 0.778. The van der Waals surface area contributed by atoms with Crippen molar-refractivity contribution in [3.63, 3.8) is 0 Å². The van der Waals surface area contributed by atoms with Gasteiger partial charge in [-0.05, 0) is 6.42 Å². The number of rotatable bonds is 4. The highest BCUT2D eigenvalue weighted by Crippen LogP contribution is 2.07. The second-order valence-corrected chi connectivity index (χ2v) is 3.44. The Morgan fingerprint density at radius 2 is 2.50 bits per heavy atom. The minimum absolute atomic E-state index is 0.0747. The molecule has 0 radical (unpaired) electrons. The van der Waals surface area contributed by atoms with Gasteiger partial charge in [0, 0.05) is 19.6 Å². The van der Waals surface area contributed by atoms with Gasteiger partial charge in [-0.15, -0.1) is 0 Å². The van der Waals surface area contributed by atoms with Crippen molar-refractivity contribution in [2.24, 2.45) is 0 Å². The van der Waals surface area contributed by atoms with E-state index in [9.17, 15) is 9.90 Å². The number of hydrogen-bond donors (Lipinski definition) is 2. The smallest absolute Gasteiger partial charge is 0.234 e. The molecule has 0 spiro atoms. The third-order valence-electron chi connectivity index (χ3n) is 2.17. The number of carbonyl (C=O) groups excluding carboxylic acids is 1. The molecule has 0 aliphatic carbocycles. The molecule has 1 amide bonds. The first kappa shape index (κ1) is 11.0. The molecule has 2 N–H and O–H groups in total. The lowest BCUT2D eigenvalue weighted by molar-refractivity contribution is -0.122. The molecule has 0 bridgehead atoms. The Morgan fingerprint density at radius 1 is 1.71 bits per heavy atom. The van der Waals surface area contributed by atoms with Gasteiger partial charge in [-0.1, -0.05) is 0 Å². The molecule has 78 valence electrons. The molecule has 0 aromatic rings. The lowest BCUT2D eigenvalue weighted by Crippen LogP contribution is -2.36. The van der Waals surface area contributed by atoms with E-state index in [0.717, 1.165) is 13.0 Å². The van der Waals surface area contributed by atoms with Crippen LogP contribution in [0.2, 0.25) is 0 Å². The third kappa shape index (κ3) is 3.73. The zero-order chi connectivity index (χ0) is 10.4. The lowest BCUT2D eigenvalue weighted by Gasteiger charge is -2.13. The van der Waals surface area contributed by atoms with Gasteiger partial charge >= 0.3 is 0 Å². The summed E-state index contributed by atoms with van der Waals surface area (Å²) in [7, 11) is 0. The Bertz CT molecular complexity index is 237. The molecule has 14 heavy (non-hydrogen) atoms. The van der Waals surface area contributed by atoms with Crippen LogP contribution in [0.3, 0.4) is 0 Å². The van der Waals surface area contributed by atoms with Crippen molar-refractivity contribution in [1.82, 2.24) is 10.2 Å². The molecule has 0 aromatic heterocycles. The van der Waals surface area contributed by atoms with Crippen LogP contribution in [-0.4, -0.2) is 48.2 Å². The number of nitriles is 1. The zero-order valence-corrected chi connectivity index (χ0v) is 8.07. The van der Waals surface area contributed by atoms with Crippen molar-refractivity contribution < 1.29 is 9.90 Å². The molecular formula is C9H15N3O2. The molecule has 0 unspecified atom stereocenters. The quantitative estimate of drug-likeness (QED) is 0.572. The van der Waals surface area contributed by atoms with Crippen molar-refractivity contribution in [3.8, 4) is 6.07 Å². The Hall–Kier alpha value is -1.12. The molecule has 1 saturated heterocycles. The van der Waals surface area contributed by atoms with Gasteiger partial charge < -0.3 is 10.4 Å². The van der Waals surface area contributed by atoms with Crippen LogP contribution >= 0.6 is 0 Å². The molecule has 5 nitrogen and oxygen atoms in total. The van der Waals surface area contributed by atoms with Crippen molar-refractivity contribution in [2.75, 3.05) is 26.2 Å². The molecule has 1 heterocycles. The maximum atomic E-state index is 11.2. The number of carbonyl (C=O) groups is 1. The van der Waals surface area contributed by atoms with Crippen molar-refractivity contribution in [1.29, 1.82) is 5.26 Å². The first-order valence-electron chi connectivity index (χ1n) is 4.76. The summed E-state index contributed by atoms with van der Waals surface area (Å²) in [6.45, 7) is 2.08. The van der Waals surface area contributed by atoms with Crippen LogP contribution in [0.4, 0.5) is 0 Å². The summed E-state index contributed by atoms with van der Waals surface area (Å²) in [6.07, 6.45) is 0.793. The maximum Gasteiger partial charge on any atom is 0.234 e. The summed E-state index contributed by atoms with van der Waals surface area (Å²) in [5.74, 6) is -0.0747. The van der Waals surface area contributed by atoms with Gasteiger partial charge in [-0.2, -0.15) is 5.26 Å². The van der Waals surface area contributed by atoms with Crippen LogP contribution in [0.25, 0.3) is 0 Å². The molecule has 0 saturated carbocycles. The molecule has 1 rings (SSSR count). The molecular weight excluding hydrogens is 182 g/mol. The first-order chi connectivity index (χ1) is 6.72. The largest absolute Gasteiger partial charge is 0.392 e. The number of amides is 1. The highest BCUT2D eigenvalue weighted by Gasteiger charge is 2.21.